The van der Waals surface area contributed by atoms with Gasteiger partial charge >= 0.3 is 0 Å². The average molecular weight is 247 g/mol. The van der Waals surface area contributed by atoms with Crippen molar-refractivity contribution in [3.05, 3.63) is 30.1 Å². The van der Waals surface area contributed by atoms with E-state index in [2.05, 4.69) is 40.8 Å². The molecule has 0 spiro atoms. The monoisotopic (exact) mass is 247 g/mol. The summed E-state index contributed by atoms with van der Waals surface area (Å²) in [6.45, 7) is 11.6. The van der Waals surface area contributed by atoms with Crippen molar-refractivity contribution in [1.29, 1.82) is 0 Å². The lowest BCUT2D eigenvalue weighted by Crippen LogP contribution is -2.46. The van der Waals surface area contributed by atoms with Gasteiger partial charge in [0.1, 0.15) is 0 Å². The average Bonchev–Trinajstić information content (AvgIpc) is 2.39. The Bertz CT molecular complexity index is 329. The Morgan fingerprint density at radius 2 is 1.83 bits per heavy atom. The molecule has 100 valence electrons. The van der Waals surface area contributed by atoms with Gasteiger partial charge in [0.15, 0.2) is 0 Å². The van der Waals surface area contributed by atoms with E-state index in [4.69, 9.17) is 0 Å². The van der Waals surface area contributed by atoms with Crippen molar-refractivity contribution < 1.29 is 0 Å². The van der Waals surface area contributed by atoms with Gasteiger partial charge in [0, 0.05) is 38.9 Å². The van der Waals surface area contributed by atoms with E-state index in [1.165, 1.54) is 44.8 Å². The van der Waals surface area contributed by atoms with Crippen molar-refractivity contribution in [1.82, 2.24) is 14.8 Å². The minimum Gasteiger partial charge on any atom is -0.301 e. The first-order valence-electron chi connectivity index (χ1n) is 7.08. The van der Waals surface area contributed by atoms with Crippen molar-refractivity contribution in [3.63, 3.8) is 0 Å². The smallest absolute Gasteiger partial charge is 0.0543 e. The molecule has 1 aromatic heterocycles. The van der Waals surface area contributed by atoms with Gasteiger partial charge in [-0.2, -0.15) is 0 Å². The predicted octanol–water partition coefficient (Wildman–Crippen LogP) is 2.25. The van der Waals surface area contributed by atoms with Gasteiger partial charge in [-0.1, -0.05) is 19.9 Å². The van der Waals surface area contributed by atoms with Crippen molar-refractivity contribution in [2.24, 2.45) is 5.92 Å². The van der Waals surface area contributed by atoms with E-state index in [1.54, 1.807) is 0 Å². The molecule has 2 heterocycles. The van der Waals surface area contributed by atoms with Crippen LogP contribution >= 0.6 is 0 Å². The molecule has 0 amide bonds. The topological polar surface area (TPSA) is 19.4 Å². The summed E-state index contributed by atoms with van der Waals surface area (Å²) in [5, 5.41) is 0. The highest BCUT2D eigenvalue weighted by Crippen LogP contribution is 2.08. The zero-order chi connectivity index (χ0) is 12.8. The molecule has 1 aromatic rings. The van der Waals surface area contributed by atoms with Gasteiger partial charge in [0.05, 0.1) is 5.69 Å². The van der Waals surface area contributed by atoms with Crippen LogP contribution in [0.2, 0.25) is 0 Å². The van der Waals surface area contributed by atoms with E-state index in [-0.39, 0.29) is 0 Å². The van der Waals surface area contributed by atoms with Crippen LogP contribution in [-0.2, 0) is 6.54 Å². The molecule has 0 radical (unpaired) electrons. The maximum Gasteiger partial charge on any atom is 0.0543 e. The molecular weight excluding hydrogens is 222 g/mol. The lowest BCUT2D eigenvalue weighted by molar-refractivity contribution is 0.122. The normalized spacial score (nSPS) is 18.4. The third-order valence-electron chi connectivity index (χ3n) is 3.60. The Balaban J connectivity index is 1.70. The molecule has 1 saturated heterocycles. The molecule has 0 aliphatic carbocycles. The summed E-state index contributed by atoms with van der Waals surface area (Å²) in [7, 11) is 0. The molecule has 0 unspecified atom stereocenters. The predicted molar refractivity (Wildman–Crippen MR) is 75.4 cm³/mol. The third-order valence-corrected chi connectivity index (χ3v) is 3.60. The summed E-state index contributed by atoms with van der Waals surface area (Å²) in [6, 6.07) is 6.17. The fourth-order valence-corrected chi connectivity index (χ4v) is 2.33. The Kier molecular flexibility index (Phi) is 5.14. The minimum absolute atomic E-state index is 0.816. The van der Waals surface area contributed by atoms with Crippen molar-refractivity contribution >= 4 is 0 Å². The van der Waals surface area contributed by atoms with Crippen LogP contribution in [0, 0.1) is 5.92 Å². The van der Waals surface area contributed by atoms with E-state index >= 15 is 0 Å². The summed E-state index contributed by atoms with van der Waals surface area (Å²) in [5.41, 5.74) is 1.19. The number of piperazine rings is 1. The molecule has 0 bridgehead atoms. The van der Waals surface area contributed by atoms with Crippen molar-refractivity contribution in [2.45, 2.75) is 26.8 Å². The van der Waals surface area contributed by atoms with Crippen molar-refractivity contribution in [2.75, 3.05) is 32.7 Å². The van der Waals surface area contributed by atoms with Gasteiger partial charge in [-0.15, -0.1) is 0 Å². The first kappa shape index (κ1) is 13.5. The highest BCUT2D eigenvalue weighted by molar-refractivity contribution is 5.03. The number of hydrogen-bond donors (Lipinski definition) is 0. The van der Waals surface area contributed by atoms with Crippen LogP contribution in [0.5, 0.6) is 0 Å². The summed E-state index contributed by atoms with van der Waals surface area (Å²) < 4.78 is 0. The van der Waals surface area contributed by atoms with E-state index in [0.717, 1.165) is 12.5 Å². The maximum absolute atomic E-state index is 4.40. The van der Waals surface area contributed by atoms with Gasteiger partial charge in [-0.05, 0) is 31.0 Å². The lowest BCUT2D eigenvalue weighted by atomic mass is 10.1. The molecule has 2 rings (SSSR count). The fourth-order valence-electron chi connectivity index (χ4n) is 2.33. The first-order chi connectivity index (χ1) is 8.74. The molecule has 18 heavy (non-hydrogen) atoms. The number of aromatic nitrogens is 1. The van der Waals surface area contributed by atoms with Gasteiger partial charge < -0.3 is 4.90 Å². The van der Waals surface area contributed by atoms with Crippen LogP contribution < -0.4 is 0 Å². The van der Waals surface area contributed by atoms with E-state index < -0.39 is 0 Å². The molecule has 0 aromatic carbocycles. The van der Waals surface area contributed by atoms with Gasteiger partial charge in [0.25, 0.3) is 0 Å². The Morgan fingerprint density at radius 1 is 1.11 bits per heavy atom. The molecular formula is C15H25N3. The van der Waals surface area contributed by atoms with Crippen LogP contribution in [-0.4, -0.2) is 47.5 Å². The molecule has 3 nitrogen and oxygen atoms in total. The molecule has 1 fully saturated rings. The van der Waals surface area contributed by atoms with Gasteiger partial charge in [-0.3, -0.25) is 9.88 Å². The zero-order valence-electron chi connectivity index (χ0n) is 11.7. The van der Waals surface area contributed by atoms with E-state index in [1.807, 2.05) is 12.3 Å². The second kappa shape index (κ2) is 6.86. The lowest BCUT2D eigenvalue weighted by Gasteiger charge is -2.34. The van der Waals surface area contributed by atoms with Crippen LogP contribution in [0.3, 0.4) is 0 Å². The van der Waals surface area contributed by atoms with Crippen LogP contribution in [0.4, 0.5) is 0 Å². The Labute approximate surface area is 111 Å². The number of nitrogens with zero attached hydrogens (tertiary/aromatic N) is 3. The fraction of sp³-hybridized carbons (Fsp3) is 0.667. The summed E-state index contributed by atoms with van der Waals surface area (Å²) in [4.78, 5) is 9.50. The Morgan fingerprint density at radius 3 is 2.44 bits per heavy atom. The molecule has 0 saturated carbocycles. The third kappa shape index (κ3) is 4.39. The SMILES string of the molecule is CC(C)CCN1CCN(Cc2ccccn2)CC1. The largest absolute Gasteiger partial charge is 0.301 e. The second-order valence-corrected chi connectivity index (χ2v) is 5.62. The van der Waals surface area contributed by atoms with Crippen molar-refractivity contribution in [3.8, 4) is 0 Å². The molecule has 1 aliphatic heterocycles. The quantitative estimate of drug-likeness (QED) is 0.795. The summed E-state index contributed by atoms with van der Waals surface area (Å²) >= 11 is 0. The summed E-state index contributed by atoms with van der Waals surface area (Å²) in [6.07, 6.45) is 3.20. The van der Waals surface area contributed by atoms with Crippen LogP contribution in [0.1, 0.15) is 26.0 Å². The first-order valence-corrected chi connectivity index (χ1v) is 7.08. The van der Waals surface area contributed by atoms with E-state index in [0.29, 0.717) is 0 Å². The molecule has 1 aliphatic rings. The van der Waals surface area contributed by atoms with Gasteiger partial charge in [-0.25, -0.2) is 0 Å². The Hall–Kier alpha value is -0.930. The second-order valence-electron chi connectivity index (χ2n) is 5.62. The van der Waals surface area contributed by atoms with Crippen LogP contribution in [0.25, 0.3) is 0 Å². The number of hydrogen-bond acceptors (Lipinski definition) is 3. The standard InChI is InChI=1S/C15H25N3/c1-14(2)6-8-17-9-11-18(12-10-17)13-15-5-3-4-7-16-15/h3-5,7,14H,6,8-13H2,1-2H3. The zero-order valence-corrected chi connectivity index (χ0v) is 11.7. The van der Waals surface area contributed by atoms with Gasteiger partial charge in [0.2, 0.25) is 0 Å². The van der Waals surface area contributed by atoms with Crippen LogP contribution in [0.15, 0.2) is 24.4 Å². The number of rotatable bonds is 5. The molecule has 3 heteroatoms. The highest BCUT2D eigenvalue weighted by Gasteiger charge is 2.16. The minimum atomic E-state index is 0.816. The van der Waals surface area contributed by atoms with E-state index in [9.17, 15) is 0 Å². The maximum atomic E-state index is 4.40. The molecule has 0 N–H and O–H groups in total. The summed E-state index contributed by atoms with van der Waals surface area (Å²) in [5.74, 6) is 0.816. The molecule has 0 atom stereocenters. The number of pyridine rings is 1. The highest BCUT2D eigenvalue weighted by atomic mass is 15.3.